The molecular weight excluding hydrogens is 337 g/mol. The molecule has 4 rings (SSSR count). The van der Waals surface area contributed by atoms with Gasteiger partial charge in [-0.15, -0.1) is 0 Å². The van der Waals surface area contributed by atoms with Gasteiger partial charge in [0.15, 0.2) is 6.04 Å². The van der Waals surface area contributed by atoms with Crippen molar-refractivity contribution in [3.63, 3.8) is 0 Å². The first-order chi connectivity index (χ1) is 13.3. The van der Waals surface area contributed by atoms with Crippen molar-refractivity contribution >= 4 is 5.71 Å². The number of nitriles is 1. The Morgan fingerprint density at radius 2 is 1.56 bits per heavy atom. The molecule has 0 N–H and O–H groups in total. The van der Waals surface area contributed by atoms with Crippen molar-refractivity contribution in [3.05, 3.63) is 107 Å². The smallest absolute Gasteiger partial charge is 0.159 e. The van der Waals surface area contributed by atoms with E-state index in [-0.39, 0.29) is 11.9 Å². The highest BCUT2D eigenvalue weighted by Crippen LogP contribution is 2.38. The van der Waals surface area contributed by atoms with Gasteiger partial charge in [-0.1, -0.05) is 72.8 Å². The van der Waals surface area contributed by atoms with Crippen LogP contribution in [-0.2, 0) is 0 Å². The Labute approximate surface area is 158 Å². The lowest BCUT2D eigenvalue weighted by molar-refractivity contribution is 0.196. The van der Waals surface area contributed by atoms with Crippen LogP contribution in [0.25, 0.3) is 0 Å². The molecule has 27 heavy (non-hydrogen) atoms. The van der Waals surface area contributed by atoms with E-state index in [4.69, 9.17) is 5.10 Å². The Hall–Kier alpha value is -3.45. The van der Waals surface area contributed by atoms with Gasteiger partial charge in [0.25, 0.3) is 0 Å². The van der Waals surface area contributed by atoms with Crippen molar-refractivity contribution in [3.8, 4) is 6.07 Å². The van der Waals surface area contributed by atoms with Gasteiger partial charge in [-0.05, 0) is 28.8 Å². The minimum Gasteiger partial charge on any atom is -0.267 e. The second kappa shape index (κ2) is 7.43. The Morgan fingerprint density at radius 1 is 0.926 bits per heavy atom. The Kier molecular flexibility index (Phi) is 4.67. The molecule has 3 aromatic rings. The van der Waals surface area contributed by atoms with Gasteiger partial charge in [-0.25, -0.2) is 4.39 Å². The number of halogens is 1. The van der Waals surface area contributed by atoms with E-state index >= 15 is 0 Å². The first-order valence-corrected chi connectivity index (χ1v) is 8.87. The number of benzene rings is 3. The van der Waals surface area contributed by atoms with E-state index in [0.717, 1.165) is 22.4 Å². The van der Waals surface area contributed by atoms with Crippen molar-refractivity contribution in [1.82, 2.24) is 5.01 Å². The Balaban J connectivity index is 1.76. The molecule has 0 fully saturated rings. The van der Waals surface area contributed by atoms with E-state index in [1.807, 2.05) is 53.5 Å². The Bertz CT molecular complexity index is 976. The second-order valence-corrected chi connectivity index (χ2v) is 6.51. The van der Waals surface area contributed by atoms with E-state index in [0.29, 0.717) is 6.42 Å². The van der Waals surface area contributed by atoms with Crippen LogP contribution in [-0.4, -0.2) is 10.7 Å². The fourth-order valence-electron chi connectivity index (χ4n) is 3.45. The summed E-state index contributed by atoms with van der Waals surface area (Å²) >= 11 is 0. The van der Waals surface area contributed by atoms with E-state index in [2.05, 4.69) is 18.2 Å². The molecule has 0 amide bonds. The van der Waals surface area contributed by atoms with Crippen LogP contribution in [0.15, 0.2) is 90.0 Å². The number of hydrazone groups is 1. The van der Waals surface area contributed by atoms with Gasteiger partial charge in [0.1, 0.15) is 5.82 Å². The normalized spacial score (nSPS) is 17.3. The summed E-state index contributed by atoms with van der Waals surface area (Å²) in [5.74, 6) is -0.315. The van der Waals surface area contributed by atoms with Crippen LogP contribution in [0.5, 0.6) is 0 Å². The lowest BCUT2D eigenvalue weighted by Crippen LogP contribution is -2.24. The maximum Gasteiger partial charge on any atom is 0.159 e. The zero-order valence-corrected chi connectivity index (χ0v) is 14.7. The topological polar surface area (TPSA) is 39.4 Å². The maximum absolute atomic E-state index is 13.3. The van der Waals surface area contributed by atoms with Gasteiger partial charge in [0.05, 0.1) is 17.8 Å². The standard InChI is InChI=1S/C23H18FN3/c24-20-13-11-19(12-14-20)23(16-25)27-22(18-9-5-2-6-10-18)15-21(26-27)17-7-3-1-4-8-17/h1-14,22-23H,15H2. The molecule has 132 valence electrons. The van der Waals surface area contributed by atoms with Gasteiger partial charge in [0.2, 0.25) is 0 Å². The van der Waals surface area contributed by atoms with Crippen LogP contribution in [0, 0.1) is 17.1 Å². The van der Waals surface area contributed by atoms with Gasteiger partial charge >= 0.3 is 0 Å². The molecule has 3 nitrogen and oxygen atoms in total. The molecule has 0 aliphatic carbocycles. The summed E-state index contributed by atoms with van der Waals surface area (Å²) in [6.45, 7) is 0. The maximum atomic E-state index is 13.3. The van der Waals surface area contributed by atoms with Gasteiger partial charge in [-0.2, -0.15) is 10.4 Å². The molecule has 2 unspecified atom stereocenters. The first kappa shape index (κ1) is 17.0. The summed E-state index contributed by atoms with van der Waals surface area (Å²) in [4.78, 5) is 0. The molecule has 1 aliphatic rings. The van der Waals surface area contributed by atoms with E-state index < -0.39 is 6.04 Å². The quantitative estimate of drug-likeness (QED) is 0.642. The van der Waals surface area contributed by atoms with Crippen LogP contribution < -0.4 is 0 Å². The summed E-state index contributed by atoms with van der Waals surface area (Å²) in [5, 5.41) is 16.5. The van der Waals surface area contributed by atoms with Crippen molar-refractivity contribution in [2.45, 2.75) is 18.5 Å². The molecule has 2 atom stereocenters. The predicted octanol–water partition coefficient (Wildman–Crippen LogP) is 5.24. The molecule has 0 bridgehead atoms. The molecule has 3 aromatic carbocycles. The second-order valence-electron chi connectivity index (χ2n) is 6.51. The molecule has 0 spiro atoms. The lowest BCUT2D eigenvalue weighted by atomic mass is 9.97. The van der Waals surface area contributed by atoms with Gasteiger partial charge in [0, 0.05) is 6.42 Å². The minimum absolute atomic E-state index is 0.0453. The van der Waals surface area contributed by atoms with Crippen molar-refractivity contribution in [2.75, 3.05) is 0 Å². The highest BCUT2D eigenvalue weighted by Gasteiger charge is 2.34. The largest absolute Gasteiger partial charge is 0.267 e. The van der Waals surface area contributed by atoms with Crippen LogP contribution in [0.3, 0.4) is 0 Å². The summed E-state index contributed by atoms with van der Waals surface area (Å²) in [6.07, 6.45) is 0.716. The van der Waals surface area contributed by atoms with E-state index in [1.165, 1.54) is 12.1 Å². The molecule has 1 heterocycles. The third kappa shape index (κ3) is 3.45. The average molecular weight is 355 g/mol. The van der Waals surface area contributed by atoms with Crippen LogP contribution in [0.4, 0.5) is 4.39 Å². The zero-order valence-electron chi connectivity index (χ0n) is 14.7. The molecule has 0 saturated heterocycles. The molecular formula is C23H18FN3. The van der Waals surface area contributed by atoms with Gasteiger partial charge < -0.3 is 0 Å². The Morgan fingerprint density at radius 3 is 2.19 bits per heavy atom. The van der Waals surface area contributed by atoms with Crippen molar-refractivity contribution in [1.29, 1.82) is 5.26 Å². The SMILES string of the molecule is N#CC(c1ccc(F)cc1)N1N=C(c2ccccc2)CC1c1ccccc1. The highest BCUT2D eigenvalue weighted by molar-refractivity contribution is 6.01. The van der Waals surface area contributed by atoms with Crippen molar-refractivity contribution in [2.24, 2.45) is 5.10 Å². The summed E-state index contributed by atoms with van der Waals surface area (Å²) < 4.78 is 13.3. The molecule has 0 radical (unpaired) electrons. The lowest BCUT2D eigenvalue weighted by Gasteiger charge is -2.28. The minimum atomic E-state index is -0.586. The number of hydrogen-bond donors (Lipinski definition) is 0. The van der Waals surface area contributed by atoms with E-state index in [1.54, 1.807) is 12.1 Å². The number of rotatable bonds is 4. The molecule has 1 aliphatic heterocycles. The van der Waals surface area contributed by atoms with Gasteiger partial charge in [-0.3, -0.25) is 5.01 Å². The molecule has 0 aromatic heterocycles. The highest BCUT2D eigenvalue weighted by atomic mass is 19.1. The number of hydrogen-bond acceptors (Lipinski definition) is 3. The molecule has 4 heteroatoms. The summed E-state index contributed by atoms with van der Waals surface area (Å²) in [6, 6.07) is 27.9. The van der Waals surface area contributed by atoms with Crippen molar-refractivity contribution < 1.29 is 4.39 Å². The molecule has 0 saturated carbocycles. The summed E-state index contributed by atoms with van der Waals surface area (Å²) in [7, 11) is 0. The van der Waals surface area contributed by atoms with Crippen LogP contribution in [0.1, 0.15) is 35.2 Å². The van der Waals surface area contributed by atoms with Crippen LogP contribution in [0.2, 0.25) is 0 Å². The fraction of sp³-hybridized carbons (Fsp3) is 0.130. The first-order valence-electron chi connectivity index (χ1n) is 8.87. The zero-order chi connectivity index (χ0) is 18.6. The predicted molar refractivity (Wildman–Crippen MR) is 103 cm³/mol. The van der Waals surface area contributed by atoms with Crippen LogP contribution >= 0.6 is 0 Å². The summed E-state index contributed by atoms with van der Waals surface area (Å²) in [5.41, 5.74) is 3.84. The average Bonchev–Trinajstić information content (AvgIpc) is 3.16. The fourth-order valence-corrected chi connectivity index (χ4v) is 3.45. The number of nitrogens with zero attached hydrogens (tertiary/aromatic N) is 3. The third-order valence-electron chi connectivity index (χ3n) is 4.81. The van der Waals surface area contributed by atoms with E-state index in [9.17, 15) is 9.65 Å². The monoisotopic (exact) mass is 355 g/mol. The third-order valence-corrected chi connectivity index (χ3v) is 4.81.